The molecule has 5 N–H and O–H groups in total. The van der Waals surface area contributed by atoms with E-state index in [2.05, 4.69) is 21.1 Å². The second kappa shape index (κ2) is 14.7. The Balaban J connectivity index is 1.77. The van der Waals surface area contributed by atoms with Crippen LogP contribution in [0.5, 0.6) is 5.75 Å². The molecular weight excluding hydrogens is 500 g/mol. The lowest BCUT2D eigenvalue weighted by Gasteiger charge is -2.23. The molecule has 39 heavy (non-hydrogen) atoms. The number of carbonyl (C=O) groups excluding carboxylic acids is 2. The summed E-state index contributed by atoms with van der Waals surface area (Å²) in [7, 11) is 1.55. The quantitative estimate of drug-likeness (QED) is 0.0864. The van der Waals surface area contributed by atoms with E-state index in [9.17, 15) is 19.7 Å². The molecule has 2 amide bonds. The topological polar surface area (TPSA) is 161 Å². The molecule has 0 saturated heterocycles. The normalized spacial score (nSPS) is 11.9. The molecule has 0 aliphatic rings. The highest BCUT2D eigenvalue weighted by Crippen LogP contribution is 2.25. The van der Waals surface area contributed by atoms with E-state index in [0.29, 0.717) is 12.2 Å². The van der Waals surface area contributed by atoms with E-state index in [0.717, 1.165) is 16.7 Å². The number of amides is 2. The zero-order chi connectivity index (χ0) is 28.0. The first-order valence-corrected chi connectivity index (χ1v) is 12.4. The minimum Gasteiger partial charge on any atom is -0.496 e. The number of guanidine groups is 1. The number of nitrogens with two attached hydrogens (primary N) is 1. The van der Waals surface area contributed by atoms with Crippen LogP contribution in [0.15, 0.2) is 90.0 Å². The molecule has 0 spiro atoms. The highest BCUT2D eigenvalue weighted by molar-refractivity contribution is 5.92. The second-order valence-electron chi connectivity index (χ2n) is 8.64. The van der Waals surface area contributed by atoms with Gasteiger partial charge in [-0.2, -0.15) is 0 Å². The van der Waals surface area contributed by atoms with Gasteiger partial charge in [0.25, 0.3) is 5.96 Å². The maximum atomic E-state index is 13.7. The molecular formula is C28H32N6O5. The molecule has 1 atom stereocenters. The molecule has 0 aliphatic heterocycles. The fourth-order valence-corrected chi connectivity index (χ4v) is 4.11. The van der Waals surface area contributed by atoms with Gasteiger partial charge < -0.3 is 26.4 Å². The summed E-state index contributed by atoms with van der Waals surface area (Å²) in [6, 6.07) is 25.1. The van der Waals surface area contributed by atoms with Crippen molar-refractivity contribution in [2.75, 3.05) is 13.7 Å². The Bertz CT molecular complexity index is 1230. The first-order valence-electron chi connectivity index (χ1n) is 12.4. The van der Waals surface area contributed by atoms with E-state index >= 15 is 0 Å². The molecule has 0 radical (unpaired) electrons. The summed E-state index contributed by atoms with van der Waals surface area (Å²) < 4.78 is 5.36. The minimum absolute atomic E-state index is 0.205. The third-order valence-electron chi connectivity index (χ3n) is 5.97. The highest BCUT2D eigenvalue weighted by Gasteiger charge is 2.27. The van der Waals surface area contributed by atoms with Crippen LogP contribution in [0.4, 0.5) is 0 Å². The van der Waals surface area contributed by atoms with Gasteiger partial charge in [0.1, 0.15) is 16.9 Å². The van der Waals surface area contributed by atoms with Gasteiger partial charge in [-0.25, -0.2) is 10.1 Å². The summed E-state index contributed by atoms with van der Waals surface area (Å²) in [5, 5.41) is 21.0. The van der Waals surface area contributed by atoms with Crippen LogP contribution in [0.1, 0.15) is 35.4 Å². The number of rotatable bonds is 13. The summed E-state index contributed by atoms with van der Waals surface area (Å²) in [4.78, 5) is 37.4. The third-order valence-corrected chi connectivity index (χ3v) is 5.97. The number of carbonyl (C=O) groups is 2. The van der Waals surface area contributed by atoms with Crippen molar-refractivity contribution >= 4 is 17.8 Å². The van der Waals surface area contributed by atoms with Crippen molar-refractivity contribution < 1.29 is 19.4 Å². The van der Waals surface area contributed by atoms with Gasteiger partial charge in [0.2, 0.25) is 11.8 Å². The number of nitrogens with zero attached hydrogens (tertiary/aromatic N) is 2. The van der Waals surface area contributed by atoms with Crippen molar-refractivity contribution in [3.8, 4) is 5.75 Å². The van der Waals surface area contributed by atoms with E-state index in [1.165, 1.54) is 0 Å². The summed E-state index contributed by atoms with van der Waals surface area (Å²) in [6.07, 6.45) is 0.626. The maximum Gasteiger partial charge on any atom is 0.266 e. The van der Waals surface area contributed by atoms with E-state index in [4.69, 9.17) is 10.5 Å². The highest BCUT2D eigenvalue weighted by atomic mass is 16.7. The predicted octanol–water partition coefficient (Wildman–Crippen LogP) is 2.50. The molecule has 0 aromatic heterocycles. The van der Waals surface area contributed by atoms with Crippen molar-refractivity contribution in [3.05, 3.63) is 112 Å². The third kappa shape index (κ3) is 8.85. The SMILES string of the molecule is COc1ccccc1CNC(=O)[C@H](CCCNC(N)=N[N+](=O)[O-])NC(=O)C(c1ccccc1)c1ccccc1. The van der Waals surface area contributed by atoms with E-state index < -0.39 is 17.0 Å². The number of methoxy groups -OCH3 is 1. The molecule has 0 aliphatic carbocycles. The first kappa shape index (κ1) is 28.6. The Morgan fingerprint density at radius 2 is 1.51 bits per heavy atom. The number of benzene rings is 3. The molecule has 0 bridgehead atoms. The van der Waals surface area contributed by atoms with Crippen LogP contribution in [0.2, 0.25) is 0 Å². The van der Waals surface area contributed by atoms with Gasteiger partial charge in [-0.3, -0.25) is 9.59 Å². The molecule has 11 heteroatoms. The largest absolute Gasteiger partial charge is 0.496 e. The van der Waals surface area contributed by atoms with Gasteiger partial charge in [-0.05, 0) is 30.0 Å². The van der Waals surface area contributed by atoms with Crippen molar-refractivity contribution in [1.82, 2.24) is 16.0 Å². The van der Waals surface area contributed by atoms with E-state index in [1.807, 2.05) is 78.9 Å². The fraction of sp³-hybridized carbons (Fsp3) is 0.250. The molecule has 0 fully saturated rings. The summed E-state index contributed by atoms with van der Waals surface area (Å²) in [5.41, 5.74) is 7.85. The molecule has 3 rings (SSSR count). The zero-order valence-electron chi connectivity index (χ0n) is 21.6. The van der Waals surface area contributed by atoms with Gasteiger partial charge in [-0.15, -0.1) is 0 Å². The van der Waals surface area contributed by atoms with Crippen LogP contribution >= 0.6 is 0 Å². The van der Waals surface area contributed by atoms with Crippen LogP contribution in [0, 0.1) is 10.1 Å². The number of nitrogens with one attached hydrogen (secondary N) is 3. The lowest BCUT2D eigenvalue weighted by atomic mass is 9.90. The number of hydrogen-bond donors (Lipinski definition) is 4. The zero-order valence-corrected chi connectivity index (χ0v) is 21.6. The average molecular weight is 533 g/mol. The van der Waals surface area contributed by atoms with Crippen LogP contribution in [-0.2, 0) is 16.1 Å². The number of hydrazone groups is 1. The Morgan fingerprint density at radius 1 is 0.923 bits per heavy atom. The maximum absolute atomic E-state index is 13.7. The Labute approximate surface area is 226 Å². The van der Waals surface area contributed by atoms with Crippen LogP contribution in [-0.4, -0.2) is 42.5 Å². The van der Waals surface area contributed by atoms with Gasteiger partial charge in [0.05, 0.1) is 13.0 Å². The smallest absolute Gasteiger partial charge is 0.266 e. The standard InChI is InChI=1S/C28H32N6O5/c1-39-24-17-9-8-15-22(24)19-31-26(35)23(16-10-18-30-28(29)33-34(37)38)32-27(36)25(20-11-4-2-5-12-20)21-13-6-3-7-14-21/h2-9,11-15,17,23,25H,10,16,18-19H2,1H3,(H,31,35)(H,32,36)(H3,29,30,33)/t23-/m0/s1. The van der Waals surface area contributed by atoms with Crippen molar-refractivity contribution in [3.63, 3.8) is 0 Å². The molecule has 3 aromatic rings. The summed E-state index contributed by atoms with van der Waals surface area (Å²) >= 11 is 0. The predicted molar refractivity (Wildman–Crippen MR) is 147 cm³/mol. The first-order chi connectivity index (χ1) is 18.9. The van der Waals surface area contributed by atoms with Crippen LogP contribution in [0.3, 0.4) is 0 Å². The number of para-hydroxylation sites is 1. The number of nitro groups is 1. The van der Waals surface area contributed by atoms with E-state index in [1.54, 1.807) is 13.2 Å². The van der Waals surface area contributed by atoms with Gasteiger partial charge in [0.15, 0.2) is 5.03 Å². The molecule has 0 unspecified atom stereocenters. The monoisotopic (exact) mass is 532 g/mol. The van der Waals surface area contributed by atoms with Gasteiger partial charge in [0, 0.05) is 18.7 Å². The van der Waals surface area contributed by atoms with Gasteiger partial charge in [-0.1, -0.05) is 78.9 Å². The molecule has 3 aromatic carbocycles. The van der Waals surface area contributed by atoms with Gasteiger partial charge >= 0.3 is 0 Å². The van der Waals surface area contributed by atoms with E-state index in [-0.39, 0.29) is 37.3 Å². The van der Waals surface area contributed by atoms with Crippen LogP contribution in [0.25, 0.3) is 0 Å². The second-order valence-corrected chi connectivity index (χ2v) is 8.64. The molecule has 0 heterocycles. The summed E-state index contributed by atoms with van der Waals surface area (Å²) in [6.45, 7) is 0.423. The molecule has 0 saturated carbocycles. The van der Waals surface area contributed by atoms with Crippen molar-refractivity contribution in [2.45, 2.75) is 31.3 Å². The summed E-state index contributed by atoms with van der Waals surface area (Å²) in [5.74, 6) is -1.03. The Kier molecular flexibility index (Phi) is 10.8. The number of hydrogen-bond acceptors (Lipinski definition) is 5. The van der Waals surface area contributed by atoms with Crippen molar-refractivity contribution in [1.29, 1.82) is 0 Å². The van der Waals surface area contributed by atoms with Crippen LogP contribution < -0.4 is 26.4 Å². The Morgan fingerprint density at radius 3 is 2.10 bits per heavy atom. The van der Waals surface area contributed by atoms with Crippen molar-refractivity contribution in [2.24, 2.45) is 10.8 Å². The minimum atomic E-state index is -0.899. The fourth-order valence-electron chi connectivity index (χ4n) is 4.11. The average Bonchev–Trinajstić information content (AvgIpc) is 2.94. The molecule has 11 nitrogen and oxygen atoms in total. The lowest BCUT2D eigenvalue weighted by molar-refractivity contribution is -0.485. The number of ether oxygens (including phenoxy) is 1. The Hall–Kier alpha value is -4.93. The molecule has 204 valence electrons. The lowest BCUT2D eigenvalue weighted by Crippen LogP contribution is -2.48.